The molecule has 138 valence electrons. The van der Waals surface area contributed by atoms with E-state index in [1.54, 1.807) is 6.08 Å². The summed E-state index contributed by atoms with van der Waals surface area (Å²) in [6.45, 7) is 0.306. The summed E-state index contributed by atoms with van der Waals surface area (Å²) in [5, 5.41) is 13.0. The standard InChI is InChI=1S/C22H21ClN2O2/c23-20-11-5-1-8-17(20)15-27-21-12-6-2-7-16(21)13-18(14-24)22(26)25-19-9-3-4-10-19/h1-2,5-8,11-13,19H,3-4,9-10,15H2,(H,25,26)/b18-13-. The molecule has 1 saturated carbocycles. The minimum Gasteiger partial charge on any atom is -0.488 e. The molecule has 27 heavy (non-hydrogen) atoms. The van der Waals surface area contributed by atoms with Crippen molar-refractivity contribution in [2.24, 2.45) is 0 Å². The van der Waals surface area contributed by atoms with Gasteiger partial charge in [0.1, 0.15) is 24.0 Å². The third kappa shape index (κ3) is 5.12. The summed E-state index contributed by atoms with van der Waals surface area (Å²) in [4.78, 5) is 12.4. The van der Waals surface area contributed by atoms with Gasteiger partial charge >= 0.3 is 0 Å². The number of carbonyl (C=O) groups excluding carboxylic acids is 1. The van der Waals surface area contributed by atoms with Crippen molar-refractivity contribution in [3.05, 3.63) is 70.3 Å². The van der Waals surface area contributed by atoms with Gasteiger partial charge in [-0.25, -0.2) is 0 Å². The molecule has 1 amide bonds. The lowest BCUT2D eigenvalue weighted by molar-refractivity contribution is -0.117. The Kier molecular flexibility index (Phi) is 6.51. The number of para-hydroxylation sites is 1. The molecule has 0 bridgehead atoms. The van der Waals surface area contributed by atoms with Gasteiger partial charge in [0, 0.05) is 22.2 Å². The molecule has 5 heteroatoms. The zero-order valence-corrected chi connectivity index (χ0v) is 15.7. The van der Waals surface area contributed by atoms with E-state index in [4.69, 9.17) is 16.3 Å². The Morgan fingerprint density at radius 2 is 1.89 bits per heavy atom. The van der Waals surface area contributed by atoms with Crippen LogP contribution < -0.4 is 10.1 Å². The van der Waals surface area contributed by atoms with Crippen LogP contribution in [0.1, 0.15) is 36.8 Å². The predicted molar refractivity (Wildman–Crippen MR) is 106 cm³/mol. The number of ether oxygens (including phenoxy) is 1. The molecule has 0 aromatic heterocycles. The number of halogens is 1. The van der Waals surface area contributed by atoms with E-state index in [0.717, 1.165) is 31.2 Å². The molecule has 0 radical (unpaired) electrons. The van der Waals surface area contributed by atoms with E-state index in [2.05, 4.69) is 5.32 Å². The third-order valence-electron chi connectivity index (χ3n) is 4.62. The van der Waals surface area contributed by atoms with Gasteiger partial charge in [-0.1, -0.05) is 60.8 Å². The van der Waals surface area contributed by atoms with Crippen LogP contribution in [0, 0.1) is 11.3 Å². The van der Waals surface area contributed by atoms with Crippen molar-refractivity contribution in [1.29, 1.82) is 5.26 Å². The summed E-state index contributed by atoms with van der Waals surface area (Å²) >= 11 is 6.17. The first kappa shape index (κ1) is 19.0. The molecule has 4 nitrogen and oxygen atoms in total. The van der Waals surface area contributed by atoms with Crippen LogP contribution in [-0.4, -0.2) is 11.9 Å². The molecular formula is C22H21ClN2O2. The van der Waals surface area contributed by atoms with Crippen LogP contribution >= 0.6 is 11.6 Å². The van der Waals surface area contributed by atoms with E-state index >= 15 is 0 Å². The van der Waals surface area contributed by atoms with E-state index in [9.17, 15) is 10.1 Å². The normalized spacial score (nSPS) is 14.6. The van der Waals surface area contributed by atoms with Crippen LogP contribution in [-0.2, 0) is 11.4 Å². The lowest BCUT2D eigenvalue weighted by atomic mass is 10.1. The van der Waals surface area contributed by atoms with E-state index in [1.807, 2.05) is 54.6 Å². The van der Waals surface area contributed by atoms with E-state index in [1.165, 1.54) is 0 Å². The van der Waals surface area contributed by atoms with Crippen LogP contribution in [0.4, 0.5) is 0 Å². The summed E-state index contributed by atoms with van der Waals surface area (Å²) in [5.74, 6) is 0.268. The van der Waals surface area contributed by atoms with E-state index in [0.29, 0.717) is 22.9 Å². The van der Waals surface area contributed by atoms with Gasteiger partial charge in [0.2, 0.25) is 0 Å². The minimum atomic E-state index is -0.328. The monoisotopic (exact) mass is 380 g/mol. The molecule has 2 aromatic rings. The minimum absolute atomic E-state index is 0.0793. The smallest absolute Gasteiger partial charge is 0.262 e. The Morgan fingerprint density at radius 3 is 2.63 bits per heavy atom. The maximum Gasteiger partial charge on any atom is 0.262 e. The summed E-state index contributed by atoms with van der Waals surface area (Å²) in [7, 11) is 0. The van der Waals surface area contributed by atoms with Crippen molar-refractivity contribution < 1.29 is 9.53 Å². The topological polar surface area (TPSA) is 62.1 Å². The van der Waals surface area contributed by atoms with Crippen LogP contribution in [0.15, 0.2) is 54.1 Å². The van der Waals surface area contributed by atoms with Gasteiger partial charge in [-0.3, -0.25) is 4.79 Å². The molecule has 0 unspecified atom stereocenters. The maximum atomic E-state index is 12.4. The van der Waals surface area contributed by atoms with Gasteiger partial charge < -0.3 is 10.1 Å². The Bertz CT molecular complexity index is 880. The fourth-order valence-electron chi connectivity index (χ4n) is 3.14. The molecule has 0 saturated heterocycles. The SMILES string of the molecule is N#C/C(=C/c1ccccc1OCc1ccccc1Cl)C(=O)NC1CCCC1. The lowest BCUT2D eigenvalue weighted by Gasteiger charge is -2.12. The summed E-state index contributed by atoms with van der Waals surface area (Å²) in [6, 6.07) is 17.0. The van der Waals surface area contributed by atoms with Crippen molar-refractivity contribution in [2.45, 2.75) is 38.3 Å². The third-order valence-corrected chi connectivity index (χ3v) is 4.98. The van der Waals surface area contributed by atoms with Gasteiger partial charge in [0.25, 0.3) is 5.91 Å². The second-order valence-corrected chi connectivity index (χ2v) is 6.95. The Hall–Kier alpha value is -2.77. The molecular weight excluding hydrogens is 360 g/mol. The van der Waals surface area contributed by atoms with E-state index < -0.39 is 0 Å². The molecule has 3 rings (SSSR count). The molecule has 1 aliphatic carbocycles. The number of carbonyl (C=O) groups is 1. The number of amides is 1. The first-order chi connectivity index (χ1) is 13.2. The van der Waals surface area contributed by atoms with Gasteiger partial charge in [-0.2, -0.15) is 5.26 Å². The first-order valence-corrected chi connectivity index (χ1v) is 9.43. The fourth-order valence-corrected chi connectivity index (χ4v) is 3.33. The first-order valence-electron chi connectivity index (χ1n) is 9.05. The van der Waals surface area contributed by atoms with Crippen molar-refractivity contribution in [2.75, 3.05) is 0 Å². The fraction of sp³-hybridized carbons (Fsp3) is 0.273. The van der Waals surface area contributed by atoms with Gasteiger partial charge in [-0.05, 0) is 31.1 Å². The van der Waals surface area contributed by atoms with Crippen molar-refractivity contribution in [3.8, 4) is 11.8 Å². The second-order valence-electron chi connectivity index (χ2n) is 6.54. The largest absolute Gasteiger partial charge is 0.488 e. The number of hydrogen-bond acceptors (Lipinski definition) is 3. The Morgan fingerprint density at radius 1 is 1.19 bits per heavy atom. The molecule has 1 N–H and O–H groups in total. The number of benzene rings is 2. The molecule has 2 aromatic carbocycles. The van der Waals surface area contributed by atoms with Crippen LogP contribution in [0.25, 0.3) is 6.08 Å². The Balaban J connectivity index is 1.75. The van der Waals surface area contributed by atoms with Crippen LogP contribution in [0.5, 0.6) is 5.75 Å². The quantitative estimate of drug-likeness (QED) is 0.573. The molecule has 0 atom stereocenters. The Labute approximate surface area is 164 Å². The molecule has 1 aliphatic rings. The number of nitrogens with one attached hydrogen (secondary N) is 1. The zero-order chi connectivity index (χ0) is 19.1. The van der Waals surface area contributed by atoms with Crippen molar-refractivity contribution in [3.63, 3.8) is 0 Å². The van der Waals surface area contributed by atoms with Crippen LogP contribution in [0.3, 0.4) is 0 Å². The highest BCUT2D eigenvalue weighted by Gasteiger charge is 2.19. The highest BCUT2D eigenvalue weighted by molar-refractivity contribution is 6.31. The number of hydrogen-bond donors (Lipinski definition) is 1. The van der Waals surface area contributed by atoms with Gasteiger partial charge in [-0.15, -0.1) is 0 Å². The average molecular weight is 381 g/mol. The van der Waals surface area contributed by atoms with Crippen molar-refractivity contribution >= 4 is 23.6 Å². The molecule has 0 aliphatic heterocycles. The molecule has 0 heterocycles. The number of nitriles is 1. The average Bonchev–Trinajstić information content (AvgIpc) is 3.19. The maximum absolute atomic E-state index is 12.4. The van der Waals surface area contributed by atoms with Crippen LogP contribution in [0.2, 0.25) is 5.02 Å². The van der Waals surface area contributed by atoms with Gasteiger partial charge in [0.05, 0.1) is 0 Å². The van der Waals surface area contributed by atoms with E-state index in [-0.39, 0.29) is 17.5 Å². The summed E-state index contributed by atoms with van der Waals surface area (Å²) in [6.07, 6.45) is 5.76. The highest BCUT2D eigenvalue weighted by Crippen LogP contribution is 2.24. The number of nitrogens with zero attached hydrogens (tertiary/aromatic N) is 1. The zero-order valence-electron chi connectivity index (χ0n) is 15.0. The van der Waals surface area contributed by atoms with Crippen molar-refractivity contribution in [1.82, 2.24) is 5.32 Å². The van der Waals surface area contributed by atoms with Gasteiger partial charge in [0.15, 0.2) is 0 Å². The summed E-state index contributed by atoms with van der Waals surface area (Å²) in [5.41, 5.74) is 1.64. The molecule has 1 fully saturated rings. The predicted octanol–water partition coefficient (Wildman–Crippen LogP) is 4.88. The molecule has 0 spiro atoms. The summed E-state index contributed by atoms with van der Waals surface area (Å²) < 4.78 is 5.89. The number of rotatable bonds is 6. The lowest BCUT2D eigenvalue weighted by Crippen LogP contribution is -2.33. The highest BCUT2D eigenvalue weighted by atomic mass is 35.5. The second kappa shape index (κ2) is 9.25.